The molecule has 4 nitrogen and oxygen atoms in total. The van der Waals surface area contributed by atoms with E-state index in [1.165, 1.54) is 25.7 Å². The summed E-state index contributed by atoms with van der Waals surface area (Å²) in [5, 5.41) is 2.88. The van der Waals surface area contributed by atoms with Gasteiger partial charge < -0.3 is 15.8 Å². The third-order valence-electron chi connectivity index (χ3n) is 3.24. The molecule has 0 saturated heterocycles. The van der Waals surface area contributed by atoms with E-state index in [-0.39, 0.29) is 23.6 Å². The van der Waals surface area contributed by atoms with Crippen LogP contribution in [0.2, 0.25) is 0 Å². The summed E-state index contributed by atoms with van der Waals surface area (Å²) in [7, 11) is 0. The van der Waals surface area contributed by atoms with Crippen molar-refractivity contribution in [2.45, 2.75) is 70.4 Å². The minimum absolute atomic E-state index is 0.0697. The smallest absolute Gasteiger partial charge is 0.246 e. The van der Waals surface area contributed by atoms with Crippen molar-refractivity contribution in [2.24, 2.45) is 5.73 Å². The molecule has 4 heteroatoms. The van der Waals surface area contributed by atoms with E-state index in [2.05, 4.69) is 5.32 Å². The van der Waals surface area contributed by atoms with Crippen molar-refractivity contribution in [3.63, 3.8) is 0 Å². The highest BCUT2D eigenvalue weighted by Crippen LogP contribution is 2.25. The van der Waals surface area contributed by atoms with Crippen LogP contribution in [0.15, 0.2) is 0 Å². The number of nitrogens with one attached hydrogen (secondary N) is 1. The van der Waals surface area contributed by atoms with Gasteiger partial charge >= 0.3 is 0 Å². The van der Waals surface area contributed by atoms with E-state index in [1.54, 1.807) is 0 Å². The molecule has 18 heavy (non-hydrogen) atoms. The number of hydrogen-bond donors (Lipinski definition) is 2. The Morgan fingerprint density at radius 3 is 2.28 bits per heavy atom. The van der Waals surface area contributed by atoms with Crippen LogP contribution in [0.4, 0.5) is 0 Å². The number of ether oxygens (including phenoxy) is 1. The zero-order chi connectivity index (χ0) is 13.6. The first-order chi connectivity index (χ1) is 8.31. The Morgan fingerprint density at radius 1 is 1.22 bits per heavy atom. The van der Waals surface area contributed by atoms with Gasteiger partial charge in [0.15, 0.2) is 0 Å². The monoisotopic (exact) mass is 256 g/mol. The lowest BCUT2D eigenvalue weighted by molar-refractivity contribution is -0.127. The lowest BCUT2D eigenvalue weighted by Crippen LogP contribution is -2.46. The van der Waals surface area contributed by atoms with Gasteiger partial charge in [-0.15, -0.1) is 0 Å². The number of rotatable bonds is 4. The first-order valence-electron chi connectivity index (χ1n) is 6.98. The van der Waals surface area contributed by atoms with E-state index in [1.807, 2.05) is 20.8 Å². The van der Waals surface area contributed by atoms with Crippen molar-refractivity contribution in [1.29, 1.82) is 0 Å². The summed E-state index contributed by atoms with van der Waals surface area (Å²) in [6.07, 6.45) is 6.90. The van der Waals surface area contributed by atoms with Crippen LogP contribution in [0.25, 0.3) is 0 Å². The maximum atomic E-state index is 11.6. The highest BCUT2D eigenvalue weighted by atomic mass is 16.5. The molecule has 0 atom stereocenters. The second-order valence-electron chi connectivity index (χ2n) is 6.57. The lowest BCUT2D eigenvalue weighted by Gasteiger charge is -2.28. The van der Waals surface area contributed by atoms with Gasteiger partial charge in [0.2, 0.25) is 5.91 Å². The topological polar surface area (TPSA) is 64.3 Å². The number of carbonyl (C=O) groups excluding carboxylic acids is 1. The number of nitrogens with two attached hydrogens (primary N) is 1. The predicted molar refractivity (Wildman–Crippen MR) is 73.3 cm³/mol. The number of amides is 1. The van der Waals surface area contributed by atoms with Crippen molar-refractivity contribution < 1.29 is 9.53 Å². The number of carbonyl (C=O) groups is 1. The molecule has 0 spiro atoms. The molecular formula is C14H28N2O2. The third-order valence-corrected chi connectivity index (χ3v) is 3.24. The fourth-order valence-electron chi connectivity index (χ4n) is 2.38. The van der Waals surface area contributed by atoms with Crippen molar-refractivity contribution in [2.75, 3.05) is 13.2 Å². The molecule has 0 bridgehead atoms. The van der Waals surface area contributed by atoms with E-state index < -0.39 is 0 Å². The Kier molecular flexibility index (Phi) is 5.60. The van der Waals surface area contributed by atoms with Crippen LogP contribution in [-0.4, -0.2) is 30.2 Å². The summed E-state index contributed by atoms with van der Waals surface area (Å²) >= 11 is 0. The second kappa shape index (κ2) is 6.53. The molecule has 3 N–H and O–H groups in total. The Labute approximate surface area is 111 Å². The third kappa shape index (κ3) is 6.36. The minimum atomic E-state index is -0.224. The van der Waals surface area contributed by atoms with Gasteiger partial charge in [0.1, 0.15) is 6.61 Å². The van der Waals surface area contributed by atoms with Crippen molar-refractivity contribution in [3.05, 3.63) is 0 Å². The van der Waals surface area contributed by atoms with Crippen LogP contribution in [0.3, 0.4) is 0 Å². The van der Waals surface area contributed by atoms with Crippen LogP contribution in [0.1, 0.15) is 59.3 Å². The molecule has 1 rings (SSSR count). The molecule has 0 aromatic carbocycles. The second-order valence-corrected chi connectivity index (χ2v) is 6.57. The Morgan fingerprint density at radius 2 is 1.78 bits per heavy atom. The van der Waals surface area contributed by atoms with Crippen molar-refractivity contribution in [3.8, 4) is 0 Å². The zero-order valence-electron chi connectivity index (χ0n) is 12.1. The van der Waals surface area contributed by atoms with Crippen LogP contribution in [-0.2, 0) is 9.53 Å². The molecule has 1 aliphatic rings. The molecule has 0 aromatic rings. The van der Waals surface area contributed by atoms with Crippen LogP contribution in [0, 0.1) is 0 Å². The van der Waals surface area contributed by atoms with Gasteiger partial charge in [0.25, 0.3) is 0 Å². The van der Waals surface area contributed by atoms with Gasteiger partial charge in [-0.25, -0.2) is 0 Å². The molecular weight excluding hydrogens is 228 g/mol. The quantitative estimate of drug-likeness (QED) is 0.756. The van der Waals surface area contributed by atoms with Gasteiger partial charge in [-0.3, -0.25) is 4.79 Å². The fourth-order valence-corrected chi connectivity index (χ4v) is 2.38. The van der Waals surface area contributed by atoms with Crippen LogP contribution >= 0.6 is 0 Å². The Balaban J connectivity index is 2.25. The molecule has 1 amide bonds. The van der Waals surface area contributed by atoms with Crippen molar-refractivity contribution >= 4 is 5.91 Å². The first-order valence-corrected chi connectivity index (χ1v) is 6.98. The van der Waals surface area contributed by atoms with Crippen LogP contribution in [0.5, 0.6) is 0 Å². The summed E-state index contributed by atoms with van der Waals surface area (Å²) in [5.74, 6) is -0.0697. The van der Waals surface area contributed by atoms with E-state index in [0.29, 0.717) is 6.61 Å². The fraction of sp³-hybridized carbons (Fsp3) is 0.929. The lowest BCUT2D eigenvalue weighted by atomic mass is 9.93. The van der Waals surface area contributed by atoms with Crippen LogP contribution < -0.4 is 11.1 Å². The van der Waals surface area contributed by atoms with Gasteiger partial charge in [0.05, 0.1) is 6.61 Å². The molecule has 1 fully saturated rings. The summed E-state index contributed by atoms with van der Waals surface area (Å²) < 4.78 is 5.50. The van der Waals surface area contributed by atoms with Crippen molar-refractivity contribution in [1.82, 2.24) is 5.32 Å². The Bertz CT molecular complexity index is 263. The highest BCUT2D eigenvalue weighted by Gasteiger charge is 2.26. The normalized spacial score (nSPS) is 20.2. The van der Waals surface area contributed by atoms with Gasteiger partial charge in [-0.1, -0.05) is 25.7 Å². The average molecular weight is 256 g/mol. The maximum Gasteiger partial charge on any atom is 0.246 e. The molecule has 106 valence electrons. The van der Waals surface area contributed by atoms with E-state index >= 15 is 0 Å². The molecule has 0 heterocycles. The van der Waals surface area contributed by atoms with E-state index in [9.17, 15) is 4.79 Å². The molecule has 0 aromatic heterocycles. The molecule has 0 aliphatic heterocycles. The van der Waals surface area contributed by atoms with Gasteiger partial charge in [0, 0.05) is 11.1 Å². The van der Waals surface area contributed by atoms with E-state index in [4.69, 9.17) is 10.5 Å². The minimum Gasteiger partial charge on any atom is -0.370 e. The van der Waals surface area contributed by atoms with Gasteiger partial charge in [-0.05, 0) is 33.6 Å². The predicted octanol–water partition coefficient (Wildman–Crippen LogP) is 1.97. The van der Waals surface area contributed by atoms with Gasteiger partial charge in [-0.2, -0.15) is 0 Å². The summed E-state index contributed by atoms with van der Waals surface area (Å²) in [6.45, 7) is 6.47. The summed E-state index contributed by atoms with van der Waals surface area (Å²) in [6, 6.07) is 0. The highest BCUT2D eigenvalue weighted by molar-refractivity contribution is 5.77. The summed E-state index contributed by atoms with van der Waals surface area (Å²) in [5.41, 5.74) is 5.89. The molecule has 1 saturated carbocycles. The molecule has 1 aliphatic carbocycles. The maximum absolute atomic E-state index is 11.6. The Hall–Kier alpha value is -0.610. The average Bonchev–Trinajstić information content (AvgIpc) is 2.40. The standard InChI is InChI=1S/C14H28N2O2/c1-13(2,3)16-12(17)10-18-11-14(15)8-6-4-5-7-9-14/h4-11,15H2,1-3H3,(H,16,17). The number of hydrogen-bond acceptors (Lipinski definition) is 3. The van der Waals surface area contributed by atoms with E-state index in [0.717, 1.165) is 12.8 Å². The first kappa shape index (κ1) is 15.4. The molecule has 0 unspecified atom stereocenters. The molecule has 0 radical (unpaired) electrons. The largest absolute Gasteiger partial charge is 0.370 e. The summed E-state index contributed by atoms with van der Waals surface area (Å²) in [4.78, 5) is 11.6. The SMILES string of the molecule is CC(C)(C)NC(=O)COCC1(N)CCCCCC1. The zero-order valence-corrected chi connectivity index (χ0v) is 12.1.